The Kier molecular flexibility index (Phi) is 5.08. The number of esters is 1. The summed E-state index contributed by atoms with van der Waals surface area (Å²) in [5.41, 5.74) is 3.72. The number of hydrogen-bond acceptors (Lipinski definition) is 3. The van der Waals surface area contributed by atoms with Gasteiger partial charge < -0.3 is 20.3 Å². The number of ether oxygens (including phenoxy) is 1. The largest absolute Gasteiger partial charge is 0.468 e. The lowest BCUT2D eigenvalue weighted by Gasteiger charge is -2.34. The minimum absolute atomic E-state index is 0.282. The number of methoxy groups -OCH3 is 1. The summed E-state index contributed by atoms with van der Waals surface area (Å²) in [7, 11) is 1.39. The van der Waals surface area contributed by atoms with Crippen LogP contribution in [0.1, 0.15) is 35.6 Å². The number of benzene rings is 1. The van der Waals surface area contributed by atoms with Crippen molar-refractivity contribution in [2.45, 2.75) is 32.7 Å². The molecule has 6 nitrogen and oxygen atoms in total. The van der Waals surface area contributed by atoms with Gasteiger partial charge in [0.05, 0.1) is 31.9 Å². The van der Waals surface area contributed by atoms with Gasteiger partial charge in [-0.1, -0.05) is 23.8 Å². The van der Waals surface area contributed by atoms with E-state index in [1.807, 2.05) is 38.2 Å². The zero-order valence-corrected chi connectivity index (χ0v) is 15.0. The highest BCUT2D eigenvalue weighted by Gasteiger charge is 2.41. The van der Waals surface area contributed by atoms with Gasteiger partial charge in [0, 0.05) is 12.8 Å². The van der Waals surface area contributed by atoms with E-state index < -0.39 is 12.0 Å². The van der Waals surface area contributed by atoms with Gasteiger partial charge in [-0.15, -0.1) is 0 Å². The van der Waals surface area contributed by atoms with Crippen LogP contribution >= 0.6 is 0 Å². The smallest absolute Gasteiger partial charge is 0.319 e. The fourth-order valence-corrected chi connectivity index (χ4v) is 3.71. The molecule has 0 aromatic heterocycles. The molecule has 6 heteroatoms. The lowest BCUT2D eigenvalue weighted by atomic mass is 9.86. The van der Waals surface area contributed by atoms with Crippen LogP contribution in [0, 0.1) is 19.8 Å². The van der Waals surface area contributed by atoms with Gasteiger partial charge in [-0.25, -0.2) is 4.79 Å². The quantitative estimate of drug-likeness (QED) is 0.716. The third-order valence-corrected chi connectivity index (χ3v) is 5.04. The summed E-state index contributed by atoms with van der Waals surface area (Å²) < 4.78 is 5.06. The Morgan fingerprint density at radius 1 is 1.28 bits per heavy atom. The maximum Gasteiger partial charge on any atom is 0.319 e. The molecule has 2 aliphatic heterocycles. The van der Waals surface area contributed by atoms with Gasteiger partial charge >= 0.3 is 12.0 Å². The van der Waals surface area contributed by atoms with E-state index in [0.29, 0.717) is 5.70 Å². The first-order valence-corrected chi connectivity index (χ1v) is 8.78. The van der Waals surface area contributed by atoms with E-state index in [1.165, 1.54) is 12.0 Å². The SMILES string of the molecule is COC(=O)[C@H]1C(=C[NH+]2CCCC2)NC(=O)N[C@H]1c1cc(C)ccc1C. The van der Waals surface area contributed by atoms with Crippen molar-refractivity contribution in [1.82, 2.24) is 10.6 Å². The summed E-state index contributed by atoms with van der Waals surface area (Å²) >= 11 is 0. The van der Waals surface area contributed by atoms with Crippen molar-refractivity contribution in [1.29, 1.82) is 0 Å². The summed E-state index contributed by atoms with van der Waals surface area (Å²) in [5, 5.41) is 5.75. The summed E-state index contributed by atoms with van der Waals surface area (Å²) in [6.45, 7) is 6.04. The van der Waals surface area contributed by atoms with E-state index in [2.05, 4.69) is 10.6 Å². The van der Waals surface area contributed by atoms with Gasteiger partial charge in [-0.2, -0.15) is 0 Å². The van der Waals surface area contributed by atoms with E-state index in [1.54, 1.807) is 0 Å². The molecule has 0 spiro atoms. The molecule has 0 saturated carbocycles. The Bertz CT molecular complexity index is 708. The molecule has 2 atom stereocenters. The van der Waals surface area contributed by atoms with E-state index in [-0.39, 0.29) is 12.0 Å². The van der Waals surface area contributed by atoms with Crippen molar-refractivity contribution in [3.05, 3.63) is 46.8 Å². The summed E-state index contributed by atoms with van der Waals surface area (Å²) in [4.78, 5) is 26.1. The molecule has 3 N–H and O–H groups in total. The zero-order chi connectivity index (χ0) is 18.0. The molecule has 0 bridgehead atoms. The third kappa shape index (κ3) is 3.69. The predicted octanol–water partition coefficient (Wildman–Crippen LogP) is 0.967. The second-order valence-corrected chi connectivity index (χ2v) is 6.90. The molecule has 0 aliphatic carbocycles. The number of amides is 2. The van der Waals surface area contributed by atoms with E-state index >= 15 is 0 Å². The number of aryl methyl sites for hydroxylation is 2. The van der Waals surface area contributed by atoms with Crippen molar-refractivity contribution >= 4 is 12.0 Å². The minimum atomic E-state index is -0.573. The van der Waals surface area contributed by atoms with Gasteiger partial charge in [0.15, 0.2) is 0 Å². The van der Waals surface area contributed by atoms with Gasteiger partial charge in [0.25, 0.3) is 0 Å². The van der Waals surface area contributed by atoms with E-state index in [4.69, 9.17) is 4.74 Å². The first kappa shape index (κ1) is 17.5. The lowest BCUT2D eigenvalue weighted by Crippen LogP contribution is -3.05. The lowest BCUT2D eigenvalue weighted by molar-refractivity contribution is -0.833. The van der Waals surface area contributed by atoms with Crippen LogP contribution in [0.5, 0.6) is 0 Å². The highest BCUT2D eigenvalue weighted by Crippen LogP contribution is 2.32. The molecule has 3 rings (SSSR count). The molecule has 2 heterocycles. The molecule has 134 valence electrons. The Morgan fingerprint density at radius 2 is 2.00 bits per heavy atom. The van der Waals surface area contributed by atoms with Crippen molar-refractivity contribution in [2.24, 2.45) is 5.92 Å². The topological polar surface area (TPSA) is 71.9 Å². The van der Waals surface area contributed by atoms with Crippen LogP contribution in [-0.2, 0) is 9.53 Å². The maximum absolute atomic E-state index is 12.6. The maximum atomic E-state index is 12.6. The van der Waals surface area contributed by atoms with Crippen molar-refractivity contribution in [3.63, 3.8) is 0 Å². The van der Waals surface area contributed by atoms with Gasteiger partial charge in [0.1, 0.15) is 12.1 Å². The Labute approximate surface area is 148 Å². The van der Waals surface area contributed by atoms with Crippen LogP contribution in [-0.4, -0.2) is 32.2 Å². The molecular weight excluding hydrogens is 318 g/mol. The minimum Gasteiger partial charge on any atom is -0.468 e. The van der Waals surface area contributed by atoms with Crippen LogP contribution < -0.4 is 15.5 Å². The number of urea groups is 1. The van der Waals surface area contributed by atoms with Crippen LogP contribution in [0.25, 0.3) is 0 Å². The molecule has 1 aromatic rings. The summed E-state index contributed by atoms with van der Waals surface area (Å²) in [6.07, 6.45) is 4.31. The average molecular weight is 344 g/mol. The summed E-state index contributed by atoms with van der Waals surface area (Å²) in [6, 6.07) is 5.36. The highest BCUT2D eigenvalue weighted by atomic mass is 16.5. The van der Waals surface area contributed by atoms with Crippen LogP contribution in [0.4, 0.5) is 4.79 Å². The second kappa shape index (κ2) is 7.27. The van der Waals surface area contributed by atoms with Gasteiger partial charge in [-0.05, 0) is 25.0 Å². The fraction of sp³-hybridized carbons (Fsp3) is 0.474. The third-order valence-electron chi connectivity index (χ3n) is 5.04. The first-order chi connectivity index (χ1) is 12.0. The molecule has 2 amide bonds. The van der Waals surface area contributed by atoms with Crippen LogP contribution in [0.2, 0.25) is 0 Å². The Balaban J connectivity index is 2.03. The standard InChI is InChI=1S/C19H25N3O3/c1-12-6-7-13(2)14(10-12)17-16(18(23)25-3)15(20-19(24)21-17)11-22-8-4-5-9-22/h6-7,10-11,16-17H,4-5,8-9H2,1-3H3,(H2,20,21,24)/p+1/t16-,17-/m0/s1. The highest BCUT2D eigenvalue weighted by molar-refractivity contribution is 5.85. The molecule has 25 heavy (non-hydrogen) atoms. The predicted molar refractivity (Wildman–Crippen MR) is 93.8 cm³/mol. The summed E-state index contributed by atoms with van der Waals surface area (Å²) in [5.74, 6) is -0.917. The van der Waals surface area contributed by atoms with Crippen LogP contribution in [0.3, 0.4) is 0 Å². The second-order valence-electron chi connectivity index (χ2n) is 6.90. The average Bonchev–Trinajstić information content (AvgIpc) is 3.09. The molecule has 2 fully saturated rings. The van der Waals surface area contributed by atoms with Gasteiger partial charge in [0.2, 0.25) is 0 Å². The molecule has 0 unspecified atom stereocenters. The molecule has 2 aliphatic rings. The normalized spacial score (nSPS) is 25.6. The number of hydrogen-bond donors (Lipinski definition) is 3. The van der Waals surface area contributed by atoms with Crippen LogP contribution in [0.15, 0.2) is 30.1 Å². The van der Waals surface area contributed by atoms with Crippen molar-refractivity contribution in [2.75, 3.05) is 20.2 Å². The Hall–Kier alpha value is -2.34. The molecule has 2 saturated heterocycles. The monoisotopic (exact) mass is 344 g/mol. The zero-order valence-electron chi connectivity index (χ0n) is 15.0. The van der Waals surface area contributed by atoms with E-state index in [0.717, 1.165) is 42.6 Å². The fourth-order valence-electron chi connectivity index (χ4n) is 3.71. The molecule has 1 aromatic carbocycles. The number of likely N-dealkylation sites (tertiary alicyclic amines) is 1. The molecular formula is C19H26N3O3+. The number of carbonyl (C=O) groups excluding carboxylic acids is 2. The number of rotatable bonds is 3. The first-order valence-electron chi connectivity index (χ1n) is 8.78. The van der Waals surface area contributed by atoms with E-state index in [9.17, 15) is 9.59 Å². The van der Waals surface area contributed by atoms with Crippen molar-refractivity contribution < 1.29 is 19.2 Å². The number of carbonyl (C=O) groups is 2. The molecule has 0 radical (unpaired) electrons. The Morgan fingerprint density at radius 3 is 2.68 bits per heavy atom. The van der Waals surface area contributed by atoms with Crippen molar-refractivity contribution in [3.8, 4) is 0 Å². The van der Waals surface area contributed by atoms with Gasteiger partial charge in [-0.3, -0.25) is 4.79 Å². The number of quaternary nitrogens is 1. The number of nitrogens with one attached hydrogen (secondary N) is 3.